The summed E-state index contributed by atoms with van der Waals surface area (Å²) >= 11 is 6.04. The van der Waals surface area contributed by atoms with Gasteiger partial charge in [-0.1, -0.05) is 29.8 Å². The molecule has 0 unspecified atom stereocenters. The maximum Gasteiger partial charge on any atom is 0.331 e. The molecule has 0 spiro atoms. The van der Waals surface area contributed by atoms with Crippen LogP contribution in [0, 0.1) is 0 Å². The SMILES string of the molecule is C[C@H](OC(=O)/C=C/c1ccccc1Cl)C(=O)Nc1ccc(N2CCOCC2)cc1. The van der Waals surface area contributed by atoms with Crippen molar-refractivity contribution < 1.29 is 19.1 Å². The van der Waals surface area contributed by atoms with Gasteiger partial charge in [-0.3, -0.25) is 4.79 Å². The molecule has 3 rings (SSSR count). The summed E-state index contributed by atoms with van der Waals surface area (Å²) in [4.78, 5) is 26.5. The van der Waals surface area contributed by atoms with Gasteiger partial charge >= 0.3 is 5.97 Å². The van der Waals surface area contributed by atoms with Gasteiger partial charge in [-0.15, -0.1) is 0 Å². The first-order valence-corrected chi connectivity index (χ1v) is 9.77. The molecule has 1 atom stereocenters. The summed E-state index contributed by atoms with van der Waals surface area (Å²) in [7, 11) is 0. The molecule has 152 valence electrons. The third-order valence-corrected chi connectivity index (χ3v) is 4.82. The van der Waals surface area contributed by atoms with Crippen LogP contribution < -0.4 is 10.2 Å². The van der Waals surface area contributed by atoms with Crippen LogP contribution in [0.5, 0.6) is 0 Å². The number of amides is 1. The molecule has 1 N–H and O–H groups in total. The molecule has 6 nitrogen and oxygen atoms in total. The molecule has 29 heavy (non-hydrogen) atoms. The molecule has 1 aliphatic rings. The van der Waals surface area contributed by atoms with Crippen LogP contribution in [0.25, 0.3) is 6.08 Å². The smallest absolute Gasteiger partial charge is 0.331 e. The third kappa shape index (κ3) is 6.07. The fourth-order valence-corrected chi connectivity index (χ4v) is 3.05. The number of ether oxygens (including phenoxy) is 2. The number of nitrogens with one attached hydrogen (secondary N) is 1. The average Bonchev–Trinajstić information content (AvgIpc) is 2.74. The number of carbonyl (C=O) groups is 2. The minimum Gasteiger partial charge on any atom is -0.449 e. The number of morpholine rings is 1. The summed E-state index contributed by atoms with van der Waals surface area (Å²) in [5, 5.41) is 3.29. The number of benzene rings is 2. The highest BCUT2D eigenvalue weighted by Gasteiger charge is 2.17. The Morgan fingerprint density at radius 3 is 2.52 bits per heavy atom. The lowest BCUT2D eigenvalue weighted by Crippen LogP contribution is -2.36. The quantitative estimate of drug-likeness (QED) is 0.575. The summed E-state index contributed by atoms with van der Waals surface area (Å²) in [6.07, 6.45) is 1.87. The molecule has 1 heterocycles. The van der Waals surface area contributed by atoms with Crippen LogP contribution >= 0.6 is 11.6 Å². The van der Waals surface area contributed by atoms with Crippen LogP contribution in [0.2, 0.25) is 5.02 Å². The van der Waals surface area contributed by atoms with Gasteiger partial charge in [0.1, 0.15) is 0 Å². The number of nitrogens with zero attached hydrogens (tertiary/aromatic N) is 1. The van der Waals surface area contributed by atoms with Gasteiger partial charge in [0, 0.05) is 35.6 Å². The van der Waals surface area contributed by atoms with E-state index in [9.17, 15) is 9.59 Å². The van der Waals surface area contributed by atoms with E-state index in [0.717, 1.165) is 18.8 Å². The minimum absolute atomic E-state index is 0.399. The number of esters is 1. The first-order valence-electron chi connectivity index (χ1n) is 9.40. The molecule has 0 aliphatic carbocycles. The van der Waals surface area contributed by atoms with Crippen molar-refractivity contribution in [3.05, 3.63) is 65.2 Å². The Morgan fingerprint density at radius 1 is 1.14 bits per heavy atom. The second-order valence-corrected chi connectivity index (χ2v) is 6.98. The number of rotatable bonds is 6. The van der Waals surface area contributed by atoms with E-state index in [1.807, 2.05) is 30.3 Å². The number of anilines is 2. The van der Waals surface area contributed by atoms with Crippen molar-refractivity contribution in [1.29, 1.82) is 0 Å². The third-order valence-electron chi connectivity index (χ3n) is 4.48. The molecular weight excluding hydrogens is 392 g/mol. The monoisotopic (exact) mass is 414 g/mol. The zero-order chi connectivity index (χ0) is 20.6. The van der Waals surface area contributed by atoms with Gasteiger partial charge in [0.05, 0.1) is 13.2 Å². The maximum absolute atomic E-state index is 12.3. The van der Waals surface area contributed by atoms with Gasteiger partial charge in [-0.25, -0.2) is 4.79 Å². The predicted octanol–water partition coefficient (Wildman–Crippen LogP) is 3.76. The maximum atomic E-state index is 12.3. The van der Waals surface area contributed by atoms with E-state index in [1.54, 1.807) is 24.3 Å². The molecule has 1 aliphatic heterocycles. The Morgan fingerprint density at radius 2 is 1.83 bits per heavy atom. The van der Waals surface area contributed by atoms with Crippen LogP contribution in [-0.4, -0.2) is 44.3 Å². The predicted molar refractivity (Wildman–Crippen MR) is 114 cm³/mol. The second-order valence-electron chi connectivity index (χ2n) is 6.57. The number of carbonyl (C=O) groups excluding carboxylic acids is 2. The van der Waals surface area contributed by atoms with Gasteiger partial charge in [-0.2, -0.15) is 0 Å². The zero-order valence-electron chi connectivity index (χ0n) is 16.1. The van der Waals surface area contributed by atoms with Crippen LogP contribution in [-0.2, 0) is 19.1 Å². The summed E-state index contributed by atoms with van der Waals surface area (Å²) < 4.78 is 10.5. The molecule has 1 fully saturated rings. The van der Waals surface area contributed by atoms with Crippen LogP contribution in [0.3, 0.4) is 0 Å². The van der Waals surface area contributed by atoms with E-state index in [4.69, 9.17) is 21.1 Å². The van der Waals surface area contributed by atoms with E-state index in [-0.39, 0.29) is 0 Å². The summed E-state index contributed by atoms with van der Waals surface area (Å²) in [5.41, 5.74) is 2.42. The van der Waals surface area contributed by atoms with Crippen molar-refractivity contribution in [3.63, 3.8) is 0 Å². The van der Waals surface area contributed by atoms with Crippen LogP contribution in [0.4, 0.5) is 11.4 Å². The van der Waals surface area contributed by atoms with E-state index < -0.39 is 18.0 Å². The molecular formula is C22H23ClN2O4. The zero-order valence-corrected chi connectivity index (χ0v) is 16.9. The van der Waals surface area contributed by atoms with E-state index >= 15 is 0 Å². The Balaban J connectivity index is 1.50. The van der Waals surface area contributed by atoms with Crippen molar-refractivity contribution in [2.45, 2.75) is 13.0 Å². The lowest BCUT2D eigenvalue weighted by molar-refractivity contribution is -0.148. The van der Waals surface area contributed by atoms with Crippen molar-refractivity contribution in [3.8, 4) is 0 Å². The Kier molecular flexibility index (Phi) is 7.27. The molecule has 0 bridgehead atoms. The van der Waals surface area contributed by atoms with Gasteiger partial charge in [0.2, 0.25) is 0 Å². The molecule has 2 aromatic rings. The molecule has 0 saturated carbocycles. The standard InChI is InChI=1S/C22H23ClN2O4/c1-16(29-21(26)11-6-17-4-2-3-5-20(17)23)22(27)24-18-7-9-19(10-8-18)25-12-14-28-15-13-25/h2-11,16H,12-15H2,1H3,(H,24,27)/b11-6+/t16-/m0/s1. The topological polar surface area (TPSA) is 67.9 Å². The van der Waals surface area contributed by atoms with Crippen LogP contribution in [0.1, 0.15) is 12.5 Å². The lowest BCUT2D eigenvalue weighted by Gasteiger charge is -2.28. The van der Waals surface area contributed by atoms with E-state index in [1.165, 1.54) is 13.0 Å². The van der Waals surface area contributed by atoms with Crippen molar-refractivity contribution in [2.24, 2.45) is 0 Å². The normalized spacial score (nSPS) is 15.2. The Hall–Kier alpha value is -2.83. The summed E-state index contributed by atoms with van der Waals surface area (Å²) in [5.74, 6) is -1.01. The molecule has 1 amide bonds. The first-order chi connectivity index (χ1) is 14.0. The highest BCUT2D eigenvalue weighted by atomic mass is 35.5. The molecule has 7 heteroatoms. The highest BCUT2D eigenvalue weighted by Crippen LogP contribution is 2.19. The largest absolute Gasteiger partial charge is 0.449 e. The molecule has 0 aromatic heterocycles. The fraction of sp³-hybridized carbons (Fsp3) is 0.273. The number of hydrogen-bond acceptors (Lipinski definition) is 5. The van der Waals surface area contributed by atoms with Gasteiger partial charge < -0.3 is 19.7 Å². The lowest BCUT2D eigenvalue weighted by atomic mass is 10.2. The molecule has 0 radical (unpaired) electrons. The average molecular weight is 415 g/mol. The highest BCUT2D eigenvalue weighted by molar-refractivity contribution is 6.32. The number of halogens is 1. The van der Waals surface area contributed by atoms with Crippen molar-refractivity contribution in [2.75, 3.05) is 36.5 Å². The Bertz CT molecular complexity index is 877. The van der Waals surface area contributed by atoms with Crippen LogP contribution in [0.15, 0.2) is 54.6 Å². The molecule has 2 aromatic carbocycles. The summed E-state index contributed by atoms with van der Waals surface area (Å²) in [6, 6.07) is 14.7. The van der Waals surface area contributed by atoms with E-state index in [0.29, 0.717) is 29.5 Å². The number of hydrogen-bond donors (Lipinski definition) is 1. The molecule has 1 saturated heterocycles. The summed E-state index contributed by atoms with van der Waals surface area (Å²) in [6.45, 7) is 4.65. The van der Waals surface area contributed by atoms with Gasteiger partial charge in [0.25, 0.3) is 5.91 Å². The second kappa shape index (κ2) is 10.1. The van der Waals surface area contributed by atoms with Gasteiger partial charge in [-0.05, 0) is 48.9 Å². The van der Waals surface area contributed by atoms with Gasteiger partial charge in [0.15, 0.2) is 6.10 Å². The first kappa shape index (κ1) is 20.9. The fourth-order valence-electron chi connectivity index (χ4n) is 2.86. The Labute approximate surface area is 175 Å². The van der Waals surface area contributed by atoms with E-state index in [2.05, 4.69) is 10.2 Å². The minimum atomic E-state index is -0.933. The van der Waals surface area contributed by atoms with Crippen molar-refractivity contribution >= 4 is 40.9 Å². The van der Waals surface area contributed by atoms with Crippen molar-refractivity contribution in [1.82, 2.24) is 0 Å².